The van der Waals surface area contributed by atoms with Gasteiger partial charge in [-0.2, -0.15) is 10.4 Å². The SMILES string of the molecule is CC(C)C(=O)O.N#CC1(c2ccc3c(NC(=O)CCc4ccc(F)cc4)ncnn23)CCC(CO)O1. The van der Waals surface area contributed by atoms with Gasteiger partial charge < -0.3 is 20.3 Å². The summed E-state index contributed by atoms with van der Waals surface area (Å²) in [7, 11) is 0. The van der Waals surface area contributed by atoms with Gasteiger partial charge in [-0.1, -0.05) is 26.0 Å². The average Bonchev–Trinajstić information content (AvgIpc) is 3.50. The molecule has 0 bridgehead atoms. The number of aryl methyl sites for hydroxylation is 1. The van der Waals surface area contributed by atoms with Crippen LogP contribution in [0.15, 0.2) is 42.7 Å². The van der Waals surface area contributed by atoms with Crippen molar-refractivity contribution >= 4 is 23.2 Å². The molecule has 36 heavy (non-hydrogen) atoms. The number of carbonyl (C=O) groups is 2. The number of aliphatic carboxylic acids is 1. The molecule has 0 spiro atoms. The second kappa shape index (κ2) is 11.7. The minimum absolute atomic E-state index is 0.156. The fourth-order valence-corrected chi connectivity index (χ4v) is 3.66. The minimum Gasteiger partial charge on any atom is -0.481 e. The number of carboxylic acids is 1. The molecule has 0 saturated carbocycles. The molecular weight excluding hydrogens is 469 g/mol. The molecule has 10 nitrogen and oxygen atoms in total. The number of hydrogen-bond donors (Lipinski definition) is 3. The highest BCUT2D eigenvalue weighted by Gasteiger charge is 2.44. The van der Waals surface area contributed by atoms with Crippen LogP contribution >= 0.6 is 0 Å². The number of rotatable bonds is 7. The van der Waals surface area contributed by atoms with E-state index in [4.69, 9.17) is 9.84 Å². The molecule has 3 N–H and O–H groups in total. The van der Waals surface area contributed by atoms with E-state index in [0.717, 1.165) is 5.56 Å². The molecular formula is C25H28FN5O5. The largest absolute Gasteiger partial charge is 0.481 e. The van der Waals surface area contributed by atoms with Gasteiger partial charge in [0.15, 0.2) is 11.4 Å². The topological polar surface area (TPSA) is 150 Å². The first-order valence-corrected chi connectivity index (χ1v) is 11.5. The number of aliphatic hydroxyl groups is 1. The Kier molecular flexibility index (Phi) is 8.68. The van der Waals surface area contributed by atoms with Crippen molar-refractivity contribution in [1.82, 2.24) is 14.6 Å². The number of nitrogens with one attached hydrogen (secondary N) is 1. The van der Waals surface area contributed by atoms with Gasteiger partial charge in [0.1, 0.15) is 23.7 Å². The van der Waals surface area contributed by atoms with Crippen LogP contribution in [0.4, 0.5) is 10.2 Å². The van der Waals surface area contributed by atoms with Crippen LogP contribution in [0.25, 0.3) is 5.52 Å². The molecule has 3 aromatic rings. The van der Waals surface area contributed by atoms with Crippen LogP contribution in [-0.4, -0.2) is 49.4 Å². The predicted molar refractivity (Wildman–Crippen MR) is 127 cm³/mol. The molecule has 4 rings (SSSR count). The number of fused-ring (bicyclic) bond motifs is 1. The second-order valence-electron chi connectivity index (χ2n) is 8.69. The lowest BCUT2D eigenvalue weighted by Crippen LogP contribution is -2.28. The van der Waals surface area contributed by atoms with Crippen molar-refractivity contribution in [2.45, 2.75) is 51.2 Å². The summed E-state index contributed by atoms with van der Waals surface area (Å²) in [5, 5.41) is 34.1. The number of amides is 1. The number of ether oxygens (including phenoxy) is 1. The summed E-state index contributed by atoms with van der Waals surface area (Å²) in [5.41, 5.74) is 0.712. The number of halogens is 1. The molecule has 1 aromatic carbocycles. The van der Waals surface area contributed by atoms with Gasteiger partial charge in [0.25, 0.3) is 0 Å². The van der Waals surface area contributed by atoms with Crippen LogP contribution < -0.4 is 5.32 Å². The van der Waals surface area contributed by atoms with E-state index in [2.05, 4.69) is 21.5 Å². The molecule has 1 amide bonds. The average molecular weight is 498 g/mol. The smallest absolute Gasteiger partial charge is 0.305 e. The lowest BCUT2D eigenvalue weighted by atomic mass is 9.98. The van der Waals surface area contributed by atoms with Gasteiger partial charge in [-0.05, 0) is 49.1 Å². The number of aliphatic hydroxyl groups excluding tert-OH is 1. The molecule has 3 heterocycles. The number of benzene rings is 1. The monoisotopic (exact) mass is 497 g/mol. The van der Waals surface area contributed by atoms with Crippen LogP contribution in [0.5, 0.6) is 0 Å². The summed E-state index contributed by atoms with van der Waals surface area (Å²) in [6, 6.07) is 11.7. The second-order valence-corrected chi connectivity index (χ2v) is 8.69. The van der Waals surface area contributed by atoms with Crippen LogP contribution in [0.1, 0.15) is 44.4 Å². The lowest BCUT2D eigenvalue weighted by molar-refractivity contribution is -0.140. The maximum absolute atomic E-state index is 13.0. The van der Waals surface area contributed by atoms with E-state index in [1.165, 1.54) is 23.0 Å². The Morgan fingerprint density at radius 3 is 2.58 bits per heavy atom. The van der Waals surface area contributed by atoms with Gasteiger partial charge in [-0.15, -0.1) is 0 Å². The molecule has 2 atom stereocenters. The van der Waals surface area contributed by atoms with E-state index >= 15 is 0 Å². The molecule has 1 aliphatic heterocycles. The fraction of sp³-hybridized carbons (Fsp3) is 0.400. The molecule has 1 aliphatic rings. The van der Waals surface area contributed by atoms with E-state index in [0.29, 0.717) is 36.3 Å². The van der Waals surface area contributed by atoms with Crippen LogP contribution in [0.3, 0.4) is 0 Å². The Morgan fingerprint density at radius 2 is 2.00 bits per heavy atom. The summed E-state index contributed by atoms with van der Waals surface area (Å²) in [5.74, 6) is -1.21. The van der Waals surface area contributed by atoms with Crippen LogP contribution in [0.2, 0.25) is 0 Å². The molecule has 1 fully saturated rings. The first-order valence-electron chi connectivity index (χ1n) is 11.5. The van der Waals surface area contributed by atoms with Gasteiger partial charge in [0.2, 0.25) is 5.91 Å². The van der Waals surface area contributed by atoms with Gasteiger partial charge >= 0.3 is 5.97 Å². The number of carbonyl (C=O) groups excluding carboxylic acids is 1. The Morgan fingerprint density at radius 1 is 1.31 bits per heavy atom. The van der Waals surface area contributed by atoms with Crippen molar-refractivity contribution in [2.75, 3.05) is 11.9 Å². The number of carboxylic acid groups (broad SMARTS) is 1. The highest BCUT2D eigenvalue weighted by Crippen LogP contribution is 2.39. The summed E-state index contributed by atoms with van der Waals surface area (Å²) >= 11 is 0. The third kappa shape index (κ3) is 6.21. The Balaban J connectivity index is 0.000000538. The van der Waals surface area contributed by atoms with Crippen LogP contribution in [0, 0.1) is 23.1 Å². The summed E-state index contributed by atoms with van der Waals surface area (Å²) in [6.07, 6.45) is 2.57. The summed E-state index contributed by atoms with van der Waals surface area (Å²) < 4.78 is 20.3. The Hall–Kier alpha value is -3.88. The minimum atomic E-state index is -1.21. The van der Waals surface area contributed by atoms with Crippen molar-refractivity contribution in [2.24, 2.45) is 5.92 Å². The molecule has 2 aromatic heterocycles. The predicted octanol–water partition coefficient (Wildman–Crippen LogP) is 3.06. The number of nitrogens with zero attached hydrogens (tertiary/aromatic N) is 4. The zero-order valence-corrected chi connectivity index (χ0v) is 20.0. The van der Waals surface area contributed by atoms with E-state index in [-0.39, 0.29) is 30.7 Å². The van der Waals surface area contributed by atoms with Crippen molar-refractivity contribution in [3.63, 3.8) is 0 Å². The normalized spacial score (nSPS) is 18.9. The quantitative estimate of drug-likeness (QED) is 0.451. The third-order valence-electron chi connectivity index (χ3n) is 5.74. The highest BCUT2D eigenvalue weighted by atomic mass is 19.1. The van der Waals surface area contributed by atoms with Gasteiger partial charge in [0, 0.05) is 6.42 Å². The third-order valence-corrected chi connectivity index (χ3v) is 5.74. The number of hydrogen-bond acceptors (Lipinski definition) is 7. The molecule has 0 radical (unpaired) electrons. The maximum atomic E-state index is 13.0. The lowest BCUT2D eigenvalue weighted by Gasteiger charge is -2.21. The molecule has 190 valence electrons. The van der Waals surface area contributed by atoms with Crippen LogP contribution in [-0.2, 0) is 26.3 Å². The molecule has 2 unspecified atom stereocenters. The van der Waals surface area contributed by atoms with E-state index < -0.39 is 17.7 Å². The maximum Gasteiger partial charge on any atom is 0.305 e. The Bertz CT molecular complexity index is 1250. The van der Waals surface area contributed by atoms with E-state index in [1.54, 1.807) is 38.1 Å². The molecule has 1 saturated heterocycles. The van der Waals surface area contributed by atoms with Gasteiger partial charge in [-0.25, -0.2) is 13.9 Å². The summed E-state index contributed by atoms with van der Waals surface area (Å²) in [6.45, 7) is 3.13. The number of nitriles is 1. The standard InChI is InChI=1S/C21H20FN5O3.C4H8O2/c22-15-4-1-14(2-5-15)3-8-19(29)26-20-17-6-7-18(27(17)25-13-24-20)21(12-23)10-9-16(11-28)30-21;1-3(2)4(5)6/h1-2,4-7,13,16,28H,3,8-11H2,(H,24,25,26,29);3H,1-2H3,(H,5,6). The summed E-state index contributed by atoms with van der Waals surface area (Å²) in [4.78, 5) is 26.3. The first-order chi connectivity index (χ1) is 17.2. The Labute approximate surface area is 207 Å². The van der Waals surface area contributed by atoms with E-state index in [1.807, 2.05) is 0 Å². The first kappa shape index (κ1) is 26.7. The zero-order valence-electron chi connectivity index (χ0n) is 20.0. The van der Waals surface area contributed by atoms with Crippen molar-refractivity contribution in [3.8, 4) is 6.07 Å². The van der Waals surface area contributed by atoms with Crippen molar-refractivity contribution in [1.29, 1.82) is 5.26 Å². The molecule has 11 heteroatoms. The number of anilines is 1. The van der Waals surface area contributed by atoms with E-state index in [9.17, 15) is 24.3 Å². The van der Waals surface area contributed by atoms with Crippen molar-refractivity contribution in [3.05, 3.63) is 59.8 Å². The highest BCUT2D eigenvalue weighted by molar-refractivity contribution is 5.93. The number of aromatic nitrogens is 3. The fourth-order valence-electron chi connectivity index (χ4n) is 3.66. The molecule has 0 aliphatic carbocycles. The van der Waals surface area contributed by atoms with Gasteiger partial charge in [-0.3, -0.25) is 9.59 Å². The van der Waals surface area contributed by atoms with Gasteiger partial charge in [0.05, 0.1) is 24.3 Å². The zero-order chi connectivity index (χ0) is 26.3. The van der Waals surface area contributed by atoms with Crippen molar-refractivity contribution < 1.29 is 28.9 Å².